The number of rotatable bonds is 4. The molecule has 38 heavy (non-hydrogen) atoms. The lowest BCUT2D eigenvalue weighted by atomic mass is 9.53. The summed E-state index contributed by atoms with van der Waals surface area (Å²) >= 11 is 0. The van der Waals surface area contributed by atoms with E-state index in [1.807, 2.05) is 18.6 Å². The molecule has 214 valence electrons. The highest BCUT2D eigenvalue weighted by atomic mass is 32.3. The van der Waals surface area contributed by atoms with E-state index in [2.05, 4.69) is 46.8 Å². The van der Waals surface area contributed by atoms with Gasteiger partial charge >= 0.3 is 0 Å². The van der Waals surface area contributed by atoms with Crippen molar-refractivity contribution in [1.29, 1.82) is 0 Å². The first-order chi connectivity index (χ1) is 17.8. The molecule has 1 aromatic carbocycles. The van der Waals surface area contributed by atoms with Gasteiger partial charge < -0.3 is 14.0 Å². The molecule has 1 aliphatic heterocycles. The number of benzene rings is 1. The van der Waals surface area contributed by atoms with Crippen molar-refractivity contribution in [2.75, 3.05) is 19.1 Å². The zero-order valence-electron chi connectivity index (χ0n) is 25.0. The van der Waals surface area contributed by atoms with E-state index in [0.717, 1.165) is 49.5 Å². The van der Waals surface area contributed by atoms with Crippen LogP contribution in [0.2, 0.25) is 0 Å². The molecule has 0 radical (unpaired) electrons. The molecule has 4 aliphatic carbocycles. The maximum atomic E-state index is 13.2. The third kappa shape index (κ3) is 4.87. The zero-order valence-corrected chi connectivity index (χ0v) is 25.8. The number of carbonyl (C=O) groups is 1. The molecule has 0 amide bonds. The second-order valence-electron chi connectivity index (χ2n) is 14.5. The Kier molecular flexibility index (Phi) is 7.57. The highest BCUT2D eigenvalue weighted by Gasteiger charge is 2.66. The Bertz CT molecular complexity index is 1030. The van der Waals surface area contributed by atoms with Gasteiger partial charge in [-0.1, -0.05) is 26.8 Å². The Labute approximate surface area is 233 Å². The fourth-order valence-electron chi connectivity index (χ4n) is 8.19. The van der Waals surface area contributed by atoms with Crippen LogP contribution < -0.4 is 4.74 Å². The standard InChI is InChI=1S/C25H32O3.C8H20OS/c1-24-9-7-18-17-6-5-16(28-23-4-2-3-13-27-23)14-20(17)22(26)15-19(18)21(24)8-10-25(24)11-12-25;1-7(2)8(3,4)10(5,6)9/h5-6,14,18-19,21,23H,2-4,7-13,15H2,1H3;7,9H,1-6H3. The zero-order chi connectivity index (χ0) is 27.5. The summed E-state index contributed by atoms with van der Waals surface area (Å²) in [6.07, 6.45) is 15.9. The van der Waals surface area contributed by atoms with Crippen LogP contribution in [0.1, 0.15) is 121 Å². The van der Waals surface area contributed by atoms with Crippen LogP contribution in [0.3, 0.4) is 0 Å². The molecular weight excluding hydrogens is 492 g/mol. The minimum absolute atomic E-state index is 0.0764. The normalized spacial score (nSPS) is 34.1. The third-order valence-electron chi connectivity index (χ3n) is 12.1. The molecule has 6 rings (SSSR count). The molecule has 1 N–H and O–H groups in total. The predicted octanol–water partition coefficient (Wildman–Crippen LogP) is 8.83. The summed E-state index contributed by atoms with van der Waals surface area (Å²) < 4.78 is 21.6. The van der Waals surface area contributed by atoms with Gasteiger partial charge in [0.2, 0.25) is 0 Å². The Morgan fingerprint density at radius 1 is 1.08 bits per heavy atom. The molecule has 1 saturated heterocycles. The maximum absolute atomic E-state index is 13.2. The highest BCUT2D eigenvalue weighted by molar-refractivity contribution is 8.29. The SMILES string of the molecule is CC(C)C(C)(C)S(C)(C)O.CC12CCC3c4ccc(OC5CCCCO5)cc4C(=O)CC3C1CCC21CC1. The number of Topliss-reactive ketones (excluding diaryl/α,β-unsaturated/α-hetero) is 1. The van der Waals surface area contributed by atoms with E-state index in [1.54, 1.807) is 0 Å². The van der Waals surface area contributed by atoms with Gasteiger partial charge in [0.15, 0.2) is 12.1 Å². The van der Waals surface area contributed by atoms with Gasteiger partial charge in [-0.2, -0.15) is 0 Å². The molecule has 4 fully saturated rings. The topological polar surface area (TPSA) is 55.8 Å². The number of ketones is 1. The van der Waals surface area contributed by atoms with Crippen LogP contribution in [0.25, 0.3) is 0 Å². The maximum Gasteiger partial charge on any atom is 0.199 e. The summed E-state index contributed by atoms with van der Waals surface area (Å²) in [5.41, 5.74) is 3.37. The summed E-state index contributed by atoms with van der Waals surface area (Å²) in [4.78, 5) is 13.2. The van der Waals surface area contributed by atoms with Gasteiger partial charge in [0.1, 0.15) is 5.75 Å². The smallest absolute Gasteiger partial charge is 0.199 e. The van der Waals surface area contributed by atoms with E-state index in [0.29, 0.717) is 34.4 Å². The van der Waals surface area contributed by atoms with Gasteiger partial charge in [0, 0.05) is 23.2 Å². The lowest BCUT2D eigenvalue weighted by Crippen LogP contribution is -2.44. The number of fused-ring (bicyclic) bond motifs is 6. The van der Waals surface area contributed by atoms with Crippen LogP contribution in [0.4, 0.5) is 0 Å². The lowest BCUT2D eigenvalue weighted by Gasteiger charge is -2.51. The molecule has 4 nitrogen and oxygen atoms in total. The quantitative estimate of drug-likeness (QED) is 0.411. The number of carbonyl (C=O) groups excluding carboxylic acids is 1. The summed E-state index contributed by atoms with van der Waals surface area (Å²) in [5, 5.41) is 0. The molecule has 1 spiro atoms. The van der Waals surface area contributed by atoms with Gasteiger partial charge in [-0.05, 0) is 130 Å². The van der Waals surface area contributed by atoms with Gasteiger partial charge in [-0.3, -0.25) is 4.79 Å². The Balaban J connectivity index is 0.000000253. The average molecular weight is 545 g/mol. The van der Waals surface area contributed by atoms with Crippen molar-refractivity contribution in [3.8, 4) is 5.75 Å². The molecule has 0 aromatic heterocycles. The van der Waals surface area contributed by atoms with E-state index >= 15 is 0 Å². The van der Waals surface area contributed by atoms with Crippen LogP contribution in [0.15, 0.2) is 18.2 Å². The predicted molar refractivity (Wildman–Crippen MR) is 159 cm³/mol. The van der Waals surface area contributed by atoms with Crippen molar-refractivity contribution in [3.05, 3.63) is 29.3 Å². The van der Waals surface area contributed by atoms with Gasteiger partial charge in [-0.15, -0.1) is 10.3 Å². The highest BCUT2D eigenvalue weighted by Crippen LogP contribution is 2.75. The third-order valence-corrected chi connectivity index (χ3v) is 15.1. The number of hydrogen-bond donors (Lipinski definition) is 1. The Hall–Kier alpha value is -1.04. The van der Waals surface area contributed by atoms with Gasteiger partial charge in [0.05, 0.1) is 6.61 Å². The fourth-order valence-corrected chi connectivity index (χ4v) is 9.34. The average Bonchev–Trinajstić information content (AvgIpc) is 3.59. The van der Waals surface area contributed by atoms with Crippen molar-refractivity contribution in [2.24, 2.45) is 28.6 Å². The first-order valence-electron chi connectivity index (χ1n) is 15.2. The van der Waals surface area contributed by atoms with E-state index in [4.69, 9.17) is 9.47 Å². The second-order valence-corrected chi connectivity index (χ2v) is 18.1. The summed E-state index contributed by atoms with van der Waals surface area (Å²) in [5.74, 6) is 3.56. The van der Waals surface area contributed by atoms with Crippen molar-refractivity contribution in [1.82, 2.24) is 0 Å². The van der Waals surface area contributed by atoms with Crippen molar-refractivity contribution < 1.29 is 18.8 Å². The van der Waals surface area contributed by atoms with Crippen molar-refractivity contribution in [2.45, 2.75) is 116 Å². The monoisotopic (exact) mass is 544 g/mol. The molecule has 5 unspecified atom stereocenters. The molecule has 1 heterocycles. The molecule has 0 bridgehead atoms. The molecular formula is C33H52O4S. The molecule has 1 aromatic rings. The van der Waals surface area contributed by atoms with Gasteiger partial charge in [-0.25, -0.2) is 0 Å². The first-order valence-corrected chi connectivity index (χ1v) is 17.6. The van der Waals surface area contributed by atoms with Crippen LogP contribution >= 0.6 is 10.3 Å². The fraction of sp³-hybridized carbons (Fsp3) is 0.788. The Morgan fingerprint density at radius 3 is 2.39 bits per heavy atom. The van der Waals surface area contributed by atoms with E-state index in [9.17, 15) is 9.35 Å². The summed E-state index contributed by atoms with van der Waals surface area (Å²) in [7, 11) is -1.40. The largest absolute Gasteiger partial charge is 0.465 e. The lowest BCUT2D eigenvalue weighted by molar-refractivity contribution is -0.105. The Morgan fingerprint density at radius 2 is 1.82 bits per heavy atom. The first kappa shape index (κ1) is 28.5. The van der Waals surface area contributed by atoms with Crippen LogP contribution in [-0.4, -0.2) is 40.5 Å². The number of ether oxygens (including phenoxy) is 2. The van der Waals surface area contributed by atoms with Crippen LogP contribution in [-0.2, 0) is 4.74 Å². The minimum atomic E-state index is -1.40. The molecule has 5 atom stereocenters. The van der Waals surface area contributed by atoms with Crippen LogP contribution in [0.5, 0.6) is 5.75 Å². The summed E-state index contributed by atoms with van der Waals surface area (Å²) in [6.45, 7) is 11.9. The van der Waals surface area contributed by atoms with E-state index in [-0.39, 0.29) is 11.0 Å². The molecule has 5 heteroatoms. The van der Waals surface area contributed by atoms with Crippen molar-refractivity contribution in [3.63, 3.8) is 0 Å². The van der Waals surface area contributed by atoms with E-state index in [1.165, 1.54) is 44.1 Å². The summed E-state index contributed by atoms with van der Waals surface area (Å²) in [6, 6.07) is 6.29. The number of hydrogen-bond acceptors (Lipinski definition) is 4. The molecule has 3 saturated carbocycles. The van der Waals surface area contributed by atoms with Crippen molar-refractivity contribution >= 4 is 16.1 Å². The second kappa shape index (κ2) is 10.1. The molecule has 5 aliphatic rings. The van der Waals surface area contributed by atoms with E-state index < -0.39 is 10.3 Å². The van der Waals surface area contributed by atoms with Gasteiger partial charge in [0.25, 0.3) is 0 Å². The van der Waals surface area contributed by atoms with Crippen LogP contribution in [0, 0.1) is 28.6 Å². The minimum Gasteiger partial charge on any atom is -0.465 e.